The lowest BCUT2D eigenvalue weighted by molar-refractivity contribution is 0.411. The summed E-state index contributed by atoms with van der Waals surface area (Å²) >= 11 is 13.5. The maximum Gasteiger partial charge on any atom is 0.190 e. The average Bonchev–Trinajstić information content (AvgIpc) is 2.48. The molecule has 7 heteroatoms. The number of methoxy groups -OCH3 is 1. The van der Waals surface area contributed by atoms with Crippen molar-refractivity contribution in [3.63, 3.8) is 0 Å². The summed E-state index contributed by atoms with van der Waals surface area (Å²) < 4.78 is 5.26. The quantitative estimate of drug-likeness (QED) is 0.588. The number of hydrogen-bond acceptors (Lipinski definition) is 5. The Balaban J connectivity index is 2.10. The van der Waals surface area contributed by atoms with Crippen molar-refractivity contribution in [3.8, 4) is 5.75 Å². The molecular formula is C15H17Cl2N3OS. The molecule has 0 saturated carbocycles. The Labute approximate surface area is 144 Å². The van der Waals surface area contributed by atoms with Crippen LogP contribution in [0.1, 0.15) is 19.4 Å². The standard InChI is InChI=1S/C15H17Cl2N3OS/c1-9(2)19-14-13(21-3)7-18-15(20-14)22-8-10-4-5-11(16)12(17)6-10/h4-7,9H,8H2,1-3H3,(H,18,19,20). The third-order valence-corrected chi connectivity index (χ3v) is 4.40. The van der Waals surface area contributed by atoms with E-state index in [4.69, 9.17) is 27.9 Å². The van der Waals surface area contributed by atoms with Crippen LogP contribution in [-0.4, -0.2) is 23.1 Å². The number of anilines is 1. The van der Waals surface area contributed by atoms with Crippen LogP contribution in [0, 0.1) is 0 Å². The number of thioether (sulfide) groups is 1. The number of nitrogens with one attached hydrogen (secondary N) is 1. The molecule has 0 atom stereocenters. The van der Waals surface area contributed by atoms with Crippen LogP contribution in [0.15, 0.2) is 29.6 Å². The number of ether oxygens (including phenoxy) is 1. The summed E-state index contributed by atoms with van der Waals surface area (Å²) in [5, 5.41) is 5.04. The summed E-state index contributed by atoms with van der Waals surface area (Å²) in [4.78, 5) is 8.80. The molecule has 0 radical (unpaired) electrons. The van der Waals surface area contributed by atoms with Crippen molar-refractivity contribution < 1.29 is 4.74 Å². The van der Waals surface area contributed by atoms with Gasteiger partial charge in [-0.05, 0) is 31.5 Å². The van der Waals surface area contributed by atoms with Crippen molar-refractivity contribution in [2.24, 2.45) is 0 Å². The first-order valence-corrected chi connectivity index (χ1v) is 8.48. The third kappa shape index (κ3) is 4.66. The van der Waals surface area contributed by atoms with Gasteiger partial charge in [0.05, 0.1) is 23.4 Å². The van der Waals surface area contributed by atoms with Gasteiger partial charge >= 0.3 is 0 Å². The monoisotopic (exact) mass is 357 g/mol. The molecule has 0 saturated heterocycles. The Morgan fingerprint density at radius 2 is 2.05 bits per heavy atom. The lowest BCUT2D eigenvalue weighted by atomic mass is 10.2. The zero-order valence-electron chi connectivity index (χ0n) is 12.6. The molecule has 1 N–H and O–H groups in total. The van der Waals surface area contributed by atoms with Crippen LogP contribution in [0.3, 0.4) is 0 Å². The van der Waals surface area contributed by atoms with Crippen molar-refractivity contribution in [2.75, 3.05) is 12.4 Å². The fourth-order valence-corrected chi connectivity index (χ4v) is 2.81. The second kappa shape index (κ2) is 7.90. The highest BCUT2D eigenvalue weighted by Crippen LogP contribution is 2.28. The minimum Gasteiger partial charge on any atom is -0.491 e. The van der Waals surface area contributed by atoms with Crippen molar-refractivity contribution in [1.82, 2.24) is 9.97 Å². The van der Waals surface area contributed by atoms with Crippen LogP contribution in [0.2, 0.25) is 10.0 Å². The zero-order valence-corrected chi connectivity index (χ0v) is 14.9. The Morgan fingerprint density at radius 3 is 2.68 bits per heavy atom. The number of hydrogen-bond donors (Lipinski definition) is 1. The predicted octanol–water partition coefficient (Wildman–Crippen LogP) is 4.90. The van der Waals surface area contributed by atoms with E-state index in [1.54, 1.807) is 19.4 Å². The van der Waals surface area contributed by atoms with E-state index in [1.165, 1.54) is 11.8 Å². The van der Waals surface area contributed by atoms with Gasteiger partial charge in [0.2, 0.25) is 0 Å². The van der Waals surface area contributed by atoms with Gasteiger partial charge in [0, 0.05) is 11.8 Å². The van der Waals surface area contributed by atoms with Gasteiger partial charge in [-0.15, -0.1) is 0 Å². The van der Waals surface area contributed by atoms with E-state index in [1.807, 2.05) is 26.0 Å². The summed E-state index contributed by atoms with van der Waals surface area (Å²) in [6.07, 6.45) is 1.68. The smallest absolute Gasteiger partial charge is 0.190 e. The topological polar surface area (TPSA) is 47.0 Å². The van der Waals surface area contributed by atoms with E-state index in [0.29, 0.717) is 32.5 Å². The maximum absolute atomic E-state index is 6.02. The van der Waals surface area contributed by atoms with Crippen LogP contribution >= 0.6 is 35.0 Å². The molecule has 0 bridgehead atoms. The Hall–Kier alpha value is -1.17. The molecule has 0 aliphatic rings. The molecule has 1 aromatic carbocycles. The van der Waals surface area contributed by atoms with Crippen molar-refractivity contribution in [3.05, 3.63) is 40.0 Å². The number of rotatable bonds is 6. The van der Waals surface area contributed by atoms with E-state index < -0.39 is 0 Å². The van der Waals surface area contributed by atoms with Gasteiger partial charge in [-0.3, -0.25) is 0 Å². The highest BCUT2D eigenvalue weighted by molar-refractivity contribution is 7.98. The Morgan fingerprint density at radius 1 is 1.27 bits per heavy atom. The SMILES string of the molecule is COc1cnc(SCc2ccc(Cl)c(Cl)c2)nc1NC(C)C. The van der Waals surface area contributed by atoms with Crippen molar-refractivity contribution in [1.29, 1.82) is 0 Å². The van der Waals surface area contributed by atoms with Gasteiger partial charge in [0.1, 0.15) is 0 Å². The molecule has 4 nitrogen and oxygen atoms in total. The molecule has 1 heterocycles. The maximum atomic E-state index is 6.02. The fourth-order valence-electron chi connectivity index (χ4n) is 1.73. The summed E-state index contributed by atoms with van der Waals surface area (Å²) in [7, 11) is 1.60. The minimum absolute atomic E-state index is 0.261. The van der Waals surface area contributed by atoms with Crippen molar-refractivity contribution >= 4 is 40.8 Å². The van der Waals surface area contributed by atoms with Gasteiger partial charge in [-0.1, -0.05) is 41.0 Å². The highest BCUT2D eigenvalue weighted by atomic mass is 35.5. The molecule has 1 aromatic heterocycles. The normalized spacial score (nSPS) is 10.8. The van der Waals surface area contributed by atoms with Gasteiger partial charge in [0.25, 0.3) is 0 Å². The first-order valence-electron chi connectivity index (χ1n) is 6.74. The first-order chi connectivity index (χ1) is 10.5. The zero-order chi connectivity index (χ0) is 16.1. The van der Waals surface area contributed by atoms with Crippen LogP contribution in [0.25, 0.3) is 0 Å². The molecule has 22 heavy (non-hydrogen) atoms. The summed E-state index contributed by atoms with van der Waals surface area (Å²) in [6.45, 7) is 4.09. The molecule has 118 valence electrons. The molecule has 0 amide bonds. The second-order valence-corrected chi connectivity index (χ2v) is 6.66. The van der Waals surface area contributed by atoms with Crippen molar-refractivity contribution in [2.45, 2.75) is 30.8 Å². The first kappa shape index (κ1) is 17.2. The van der Waals surface area contributed by atoms with E-state index in [-0.39, 0.29) is 6.04 Å². The van der Waals surface area contributed by atoms with E-state index >= 15 is 0 Å². The molecule has 0 fully saturated rings. The molecule has 2 rings (SSSR count). The van der Waals surface area contributed by atoms with Gasteiger partial charge < -0.3 is 10.1 Å². The van der Waals surface area contributed by atoms with Crippen LogP contribution in [0.5, 0.6) is 5.75 Å². The second-order valence-electron chi connectivity index (χ2n) is 4.91. The summed E-state index contributed by atoms with van der Waals surface area (Å²) in [6, 6.07) is 5.85. The fraction of sp³-hybridized carbons (Fsp3) is 0.333. The number of benzene rings is 1. The molecule has 0 unspecified atom stereocenters. The van der Waals surface area contributed by atoms with E-state index in [9.17, 15) is 0 Å². The molecule has 0 aliphatic heterocycles. The van der Waals surface area contributed by atoms with Crippen LogP contribution in [0.4, 0.5) is 5.82 Å². The average molecular weight is 358 g/mol. The Bertz CT molecular complexity index is 653. The summed E-state index contributed by atoms with van der Waals surface area (Å²) in [5.41, 5.74) is 1.07. The van der Waals surface area contributed by atoms with Gasteiger partial charge in [-0.2, -0.15) is 0 Å². The summed E-state index contributed by atoms with van der Waals surface area (Å²) in [5.74, 6) is 2.04. The largest absolute Gasteiger partial charge is 0.491 e. The van der Waals surface area contributed by atoms with Gasteiger partial charge in [0.15, 0.2) is 16.7 Å². The lowest BCUT2D eigenvalue weighted by Crippen LogP contribution is -2.12. The number of nitrogens with zero attached hydrogens (tertiary/aromatic N) is 2. The third-order valence-electron chi connectivity index (χ3n) is 2.73. The molecule has 2 aromatic rings. The predicted molar refractivity (Wildman–Crippen MR) is 93.4 cm³/mol. The number of halogens is 2. The van der Waals surface area contributed by atoms with E-state index in [2.05, 4.69) is 15.3 Å². The minimum atomic E-state index is 0.261. The number of aromatic nitrogens is 2. The Kier molecular flexibility index (Phi) is 6.17. The molecule has 0 aliphatic carbocycles. The van der Waals surface area contributed by atoms with Gasteiger partial charge in [-0.25, -0.2) is 9.97 Å². The van der Waals surface area contributed by atoms with E-state index in [0.717, 1.165) is 5.56 Å². The van der Waals surface area contributed by atoms with Crippen LogP contribution in [-0.2, 0) is 5.75 Å². The lowest BCUT2D eigenvalue weighted by Gasteiger charge is -2.13. The van der Waals surface area contributed by atoms with Crippen LogP contribution < -0.4 is 10.1 Å². The highest BCUT2D eigenvalue weighted by Gasteiger charge is 2.10. The molecular weight excluding hydrogens is 341 g/mol. The molecule has 0 spiro atoms.